The fourth-order valence-corrected chi connectivity index (χ4v) is 2.42. The number of amides is 2. The number of aromatic nitrogens is 1. The van der Waals surface area contributed by atoms with Crippen LogP contribution >= 0.6 is 0 Å². The molecule has 1 heterocycles. The number of unbranched alkanes of at least 4 members (excludes halogenated alkanes) is 1. The van der Waals surface area contributed by atoms with Gasteiger partial charge in [-0.15, -0.1) is 0 Å². The Labute approximate surface area is 139 Å². The Bertz CT molecular complexity index is 476. The molecule has 0 saturated carbocycles. The molecule has 1 aromatic heterocycles. The monoisotopic (exact) mass is 319 g/mol. The van der Waals surface area contributed by atoms with Crippen molar-refractivity contribution in [2.24, 2.45) is 0 Å². The van der Waals surface area contributed by atoms with Crippen molar-refractivity contribution >= 4 is 11.8 Å². The van der Waals surface area contributed by atoms with Crippen molar-refractivity contribution < 1.29 is 9.59 Å². The topological polar surface area (TPSA) is 53.5 Å². The lowest BCUT2D eigenvalue weighted by Crippen LogP contribution is -2.46. The van der Waals surface area contributed by atoms with Crippen LogP contribution in [0.5, 0.6) is 0 Å². The molecule has 128 valence electrons. The standard InChI is InChI=1S/C18H29N3O2/c1-4-7-14-21(13-5-2)18(23)17(22)20(6-3)15-10-16-8-11-19-12-9-16/h8-9,11-12H,4-7,10,13-15H2,1-3H3. The lowest BCUT2D eigenvalue weighted by molar-refractivity contribution is -0.151. The number of pyridine rings is 1. The first-order chi connectivity index (χ1) is 11.1. The molecule has 0 aliphatic heterocycles. The fourth-order valence-electron chi connectivity index (χ4n) is 2.42. The van der Waals surface area contributed by atoms with Crippen molar-refractivity contribution in [2.75, 3.05) is 26.2 Å². The molecule has 0 saturated heterocycles. The lowest BCUT2D eigenvalue weighted by Gasteiger charge is -2.26. The van der Waals surface area contributed by atoms with E-state index in [9.17, 15) is 9.59 Å². The molecule has 0 spiro atoms. The molecule has 0 aromatic carbocycles. The summed E-state index contributed by atoms with van der Waals surface area (Å²) in [6, 6.07) is 3.87. The average molecular weight is 319 g/mol. The first-order valence-electron chi connectivity index (χ1n) is 8.61. The van der Waals surface area contributed by atoms with Crippen molar-refractivity contribution in [2.45, 2.75) is 46.5 Å². The Morgan fingerprint density at radius 2 is 1.57 bits per heavy atom. The van der Waals surface area contributed by atoms with Gasteiger partial charge in [-0.3, -0.25) is 14.6 Å². The van der Waals surface area contributed by atoms with Gasteiger partial charge in [0, 0.05) is 38.6 Å². The average Bonchev–Trinajstić information content (AvgIpc) is 2.59. The van der Waals surface area contributed by atoms with E-state index >= 15 is 0 Å². The molecule has 5 nitrogen and oxygen atoms in total. The van der Waals surface area contributed by atoms with Crippen molar-refractivity contribution in [1.82, 2.24) is 14.8 Å². The quantitative estimate of drug-likeness (QED) is 0.657. The number of hydrogen-bond acceptors (Lipinski definition) is 3. The molecule has 1 aromatic rings. The van der Waals surface area contributed by atoms with E-state index in [4.69, 9.17) is 0 Å². The molecule has 23 heavy (non-hydrogen) atoms. The van der Waals surface area contributed by atoms with E-state index in [1.54, 1.807) is 22.2 Å². The van der Waals surface area contributed by atoms with Gasteiger partial charge in [0.1, 0.15) is 0 Å². The van der Waals surface area contributed by atoms with E-state index in [2.05, 4.69) is 11.9 Å². The van der Waals surface area contributed by atoms with Gasteiger partial charge in [0.15, 0.2) is 0 Å². The van der Waals surface area contributed by atoms with Crippen LogP contribution in [0.4, 0.5) is 0 Å². The van der Waals surface area contributed by atoms with Gasteiger partial charge >= 0.3 is 11.8 Å². The van der Waals surface area contributed by atoms with Crippen LogP contribution in [0.3, 0.4) is 0 Å². The molecular weight excluding hydrogens is 290 g/mol. The Hall–Kier alpha value is -1.91. The summed E-state index contributed by atoms with van der Waals surface area (Å²) in [4.78, 5) is 32.3. The van der Waals surface area contributed by atoms with E-state index < -0.39 is 0 Å². The molecule has 5 heteroatoms. The summed E-state index contributed by atoms with van der Waals surface area (Å²) >= 11 is 0. The summed E-state index contributed by atoms with van der Waals surface area (Å²) < 4.78 is 0. The number of hydrogen-bond donors (Lipinski definition) is 0. The second kappa shape index (κ2) is 10.8. The van der Waals surface area contributed by atoms with Gasteiger partial charge in [-0.05, 0) is 43.9 Å². The van der Waals surface area contributed by atoms with Gasteiger partial charge in [0.25, 0.3) is 0 Å². The summed E-state index contributed by atoms with van der Waals surface area (Å²) in [5.41, 5.74) is 1.12. The van der Waals surface area contributed by atoms with Crippen molar-refractivity contribution in [3.8, 4) is 0 Å². The zero-order valence-corrected chi connectivity index (χ0v) is 14.6. The smallest absolute Gasteiger partial charge is 0.312 e. The first kappa shape index (κ1) is 19.1. The van der Waals surface area contributed by atoms with Gasteiger partial charge in [-0.25, -0.2) is 0 Å². The van der Waals surface area contributed by atoms with Crippen LogP contribution in [-0.2, 0) is 16.0 Å². The maximum absolute atomic E-state index is 12.5. The minimum absolute atomic E-state index is 0.364. The SMILES string of the molecule is CCCCN(CCC)C(=O)C(=O)N(CC)CCc1ccncc1. The van der Waals surface area contributed by atoms with Gasteiger partial charge in [0.2, 0.25) is 0 Å². The number of nitrogens with zero attached hydrogens (tertiary/aromatic N) is 3. The molecular formula is C18H29N3O2. The van der Waals surface area contributed by atoms with Gasteiger partial charge in [0.05, 0.1) is 0 Å². The van der Waals surface area contributed by atoms with Crippen molar-refractivity contribution in [3.63, 3.8) is 0 Å². The molecule has 0 aliphatic carbocycles. The number of likely N-dealkylation sites (N-methyl/N-ethyl adjacent to an activating group) is 1. The first-order valence-corrected chi connectivity index (χ1v) is 8.61. The Morgan fingerprint density at radius 3 is 2.13 bits per heavy atom. The van der Waals surface area contributed by atoms with Crippen LogP contribution in [0.2, 0.25) is 0 Å². The molecule has 2 amide bonds. The van der Waals surface area contributed by atoms with Gasteiger partial charge < -0.3 is 9.80 Å². The minimum Gasteiger partial charge on any atom is -0.334 e. The third-order valence-corrected chi connectivity index (χ3v) is 3.83. The largest absolute Gasteiger partial charge is 0.334 e. The highest BCUT2D eigenvalue weighted by Crippen LogP contribution is 2.04. The second-order valence-electron chi connectivity index (χ2n) is 5.64. The minimum atomic E-state index is -0.383. The van der Waals surface area contributed by atoms with E-state index in [-0.39, 0.29) is 11.8 Å². The second-order valence-corrected chi connectivity index (χ2v) is 5.64. The van der Waals surface area contributed by atoms with Crippen LogP contribution in [-0.4, -0.2) is 52.8 Å². The zero-order chi connectivity index (χ0) is 17.1. The Morgan fingerprint density at radius 1 is 0.913 bits per heavy atom. The van der Waals surface area contributed by atoms with E-state index in [1.807, 2.05) is 26.0 Å². The van der Waals surface area contributed by atoms with E-state index in [0.717, 1.165) is 31.2 Å². The zero-order valence-electron chi connectivity index (χ0n) is 14.6. The third kappa shape index (κ3) is 6.38. The molecule has 0 unspecified atom stereocenters. The Balaban J connectivity index is 2.63. The number of carbonyl (C=O) groups excluding carboxylic acids is 2. The molecule has 0 aliphatic rings. The van der Waals surface area contributed by atoms with Crippen LogP contribution in [0, 0.1) is 0 Å². The highest BCUT2D eigenvalue weighted by molar-refractivity contribution is 6.34. The van der Waals surface area contributed by atoms with Crippen LogP contribution in [0.25, 0.3) is 0 Å². The summed E-state index contributed by atoms with van der Waals surface area (Å²) in [5, 5.41) is 0. The molecule has 1 rings (SSSR count). The highest BCUT2D eigenvalue weighted by Gasteiger charge is 2.25. The predicted molar refractivity (Wildman–Crippen MR) is 92.0 cm³/mol. The Kier molecular flexibility index (Phi) is 8.95. The van der Waals surface area contributed by atoms with Crippen LogP contribution in [0.1, 0.15) is 45.6 Å². The lowest BCUT2D eigenvalue weighted by atomic mass is 10.2. The van der Waals surface area contributed by atoms with Gasteiger partial charge in [-0.1, -0.05) is 20.3 Å². The summed E-state index contributed by atoms with van der Waals surface area (Å²) in [6.07, 6.45) is 7.03. The van der Waals surface area contributed by atoms with Crippen LogP contribution < -0.4 is 0 Å². The maximum atomic E-state index is 12.5. The highest BCUT2D eigenvalue weighted by atomic mass is 16.2. The molecule has 0 atom stereocenters. The van der Waals surface area contributed by atoms with E-state index in [1.165, 1.54) is 0 Å². The van der Waals surface area contributed by atoms with Gasteiger partial charge in [-0.2, -0.15) is 0 Å². The molecule has 0 bridgehead atoms. The third-order valence-electron chi connectivity index (χ3n) is 3.83. The maximum Gasteiger partial charge on any atom is 0.312 e. The fraction of sp³-hybridized carbons (Fsp3) is 0.611. The number of carbonyl (C=O) groups is 2. The van der Waals surface area contributed by atoms with Crippen LogP contribution in [0.15, 0.2) is 24.5 Å². The summed E-state index contributed by atoms with van der Waals surface area (Å²) in [7, 11) is 0. The van der Waals surface area contributed by atoms with Crippen molar-refractivity contribution in [1.29, 1.82) is 0 Å². The van der Waals surface area contributed by atoms with E-state index in [0.29, 0.717) is 26.2 Å². The normalized spacial score (nSPS) is 10.4. The van der Waals surface area contributed by atoms with Crippen molar-refractivity contribution in [3.05, 3.63) is 30.1 Å². The molecule has 0 fully saturated rings. The molecule has 0 N–H and O–H groups in total. The summed E-state index contributed by atoms with van der Waals surface area (Å²) in [6.45, 7) is 8.43. The predicted octanol–water partition coefficient (Wildman–Crippen LogP) is 2.51. The molecule has 0 radical (unpaired) electrons. The number of rotatable bonds is 9. The summed E-state index contributed by atoms with van der Waals surface area (Å²) in [5.74, 6) is -0.747.